The van der Waals surface area contributed by atoms with Gasteiger partial charge in [-0.2, -0.15) is 0 Å². The van der Waals surface area contributed by atoms with Crippen LogP contribution in [0.5, 0.6) is 0 Å². The number of hydrogen-bond donors (Lipinski definition) is 2. The Labute approximate surface area is 117 Å². The smallest absolute Gasteiger partial charge is 0.252 e. The zero-order chi connectivity index (χ0) is 12.5. The molecule has 2 rings (SSSR count). The van der Waals surface area contributed by atoms with Crippen LogP contribution in [0.1, 0.15) is 24.2 Å². The van der Waals surface area contributed by atoms with E-state index < -0.39 is 0 Å². The number of carbonyl (C=O) groups is 1. The summed E-state index contributed by atoms with van der Waals surface area (Å²) in [7, 11) is 0. The Bertz CT molecular complexity index is 545. The van der Waals surface area contributed by atoms with Gasteiger partial charge in [0, 0.05) is 27.5 Å². The fourth-order valence-electron chi connectivity index (χ4n) is 1.56. The molecule has 18 heavy (non-hydrogen) atoms. The minimum atomic E-state index is -0.387. The minimum absolute atomic E-state index is 0. The topological polar surface area (TPSA) is 55.1 Å². The highest BCUT2D eigenvalue weighted by molar-refractivity contribution is 7.17. The van der Waals surface area contributed by atoms with Gasteiger partial charge in [0.25, 0.3) is 5.91 Å². The summed E-state index contributed by atoms with van der Waals surface area (Å²) in [6.45, 7) is 4.24. The van der Waals surface area contributed by atoms with Crippen molar-refractivity contribution in [2.75, 3.05) is 6.54 Å². The molecule has 0 spiro atoms. The van der Waals surface area contributed by atoms with Crippen molar-refractivity contribution in [3.05, 3.63) is 35.2 Å². The van der Waals surface area contributed by atoms with Crippen molar-refractivity contribution in [2.24, 2.45) is 5.73 Å². The second-order valence-corrected chi connectivity index (χ2v) is 5.73. The van der Waals surface area contributed by atoms with E-state index in [1.807, 2.05) is 43.5 Å². The number of amides is 1. The molecule has 0 fully saturated rings. The number of benzene rings is 1. The molecule has 0 radical (unpaired) electrons. The Hall–Kier alpha value is -1.10. The standard InChI is InChI=1S/C13H16N2OS.ClH/c1-13(2,14)8-15-12(16)10-7-17-11-6-4-3-5-9(10)11;/h3-7H,8,14H2,1-2H3,(H,15,16);1H. The molecule has 98 valence electrons. The zero-order valence-electron chi connectivity index (χ0n) is 10.4. The number of rotatable bonds is 3. The summed E-state index contributed by atoms with van der Waals surface area (Å²) in [4.78, 5) is 12.0. The Morgan fingerprint density at radius 1 is 1.39 bits per heavy atom. The maximum absolute atomic E-state index is 12.0. The van der Waals surface area contributed by atoms with Gasteiger partial charge in [-0.05, 0) is 19.9 Å². The van der Waals surface area contributed by atoms with Gasteiger partial charge in [0.05, 0.1) is 5.56 Å². The molecule has 1 aromatic carbocycles. The average Bonchev–Trinajstić information content (AvgIpc) is 2.68. The highest BCUT2D eigenvalue weighted by Crippen LogP contribution is 2.25. The van der Waals surface area contributed by atoms with Gasteiger partial charge < -0.3 is 11.1 Å². The van der Waals surface area contributed by atoms with E-state index in [0.717, 1.165) is 15.6 Å². The van der Waals surface area contributed by atoms with Crippen LogP contribution in [-0.2, 0) is 0 Å². The van der Waals surface area contributed by atoms with Crippen LogP contribution in [0.3, 0.4) is 0 Å². The Morgan fingerprint density at radius 2 is 2.06 bits per heavy atom. The van der Waals surface area contributed by atoms with Gasteiger partial charge >= 0.3 is 0 Å². The quantitative estimate of drug-likeness (QED) is 0.911. The molecule has 3 nitrogen and oxygen atoms in total. The summed E-state index contributed by atoms with van der Waals surface area (Å²) >= 11 is 1.58. The zero-order valence-corrected chi connectivity index (χ0v) is 12.0. The molecule has 0 saturated heterocycles. The first-order valence-corrected chi connectivity index (χ1v) is 6.39. The summed E-state index contributed by atoms with van der Waals surface area (Å²) in [5.74, 6) is -0.0547. The molecular formula is C13H17ClN2OS. The normalized spacial score (nSPS) is 11.1. The van der Waals surface area contributed by atoms with Crippen molar-refractivity contribution in [3.63, 3.8) is 0 Å². The number of carbonyl (C=O) groups excluding carboxylic acids is 1. The molecule has 0 bridgehead atoms. The van der Waals surface area contributed by atoms with Crippen molar-refractivity contribution in [1.29, 1.82) is 0 Å². The highest BCUT2D eigenvalue weighted by Gasteiger charge is 2.15. The van der Waals surface area contributed by atoms with Gasteiger partial charge in [-0.1, -0.05) is 18.2 Å². The largest absolute Gasteiger partial charge is 0.350 e. The number of fused-ring (bicyclic) bond motifs is 1. The fourth-order valence-corrected chi connectivity index (χ4v) is 2.50. The molecule has 0 unspecified atom stereocenters. The average molecular weight is 285 g/mol. The number of nitrogens with one attached hydrogen (secondary N) is 1. The van der Waals surface area contributed by atoms with Gasteiger partial charge in [0.2, 0.25) is 0 Å². The summed E-state index contributed by atoms with van der Waals surface area (Å²) in [6.07, 6.45) is 0. The minimum Gasteiger partial charge on any atom is -0.350 e. The predicted molar refractivity (Wildman–Crippen MR) is 79.7 cm³/mol. The molecular weight excluding hydrogens is 268 g/mol. The SMILES string of the molecule is CC(C)(N)CNC(=O)c1csc2ccccc12.Cl. The van der Waals surface area contributed by atoms with Crippen LogP contribution in [-0.4, -0.2) is 18.0 Å². The van der Waals surface area contributed by atoms with Crippen LogP contribution in [0.15, 0.2) is 29.6 Å². The second-order valence-electron chi connectivity index (χ2n) is 4.82. The molecule has 5 heteroatoms. The molecule has 1 aromatic heterocycles. The third-order valence-electron chi connectivity index (χ3n) is 2.43. The summed E-state index contributed by atoms with van der Waals surface area (Å²) < 4.78 is 1.13. The van der Waals surface area contributed by atoms with Crippen molar-refractivity contribution in [3.8, 4) is 0 Å². The van der Waals surface area contributed by atoms with E-state index in [0.29, 0.717) is 6.54 Å². The van der Waals surface area contributed by atoms with Crippen LogP contribution in [0, 0.1) is 0 Å². The lowest BCUT2D eigenvalue weighted by Crippen LogP contribution is -2.45. The third-order valence-corrected chi connectivity index (χ3v) is 3.39. The molecule has 3 N–H and O–H groups in total. The Morgan fingerprint density at radius 3 is 2.72 bits per heavy atom. The molecule has 1 amide bonds. The van der Waals surface area contributed by atoms with Gasteiger partial charge in [-0.15, -0.1) is 23.7 Å². The number of halogens is 1. The van der Waals surface area contributed by atoms with Crippen LogP contribution < -0.4 is 11.1 Å². The van der Waals surface area contributed by atoms with E-state index in [2.05, 4.69) is 5.32 Å². The predicted octanol–water partition coefficient (Wildman–Crippen LogP) is 2.79. The molecule has 0 aliphatic rings. The molecule has 0 aliphatic heterocycles. The van der Waals surface area contributed by atoms with Crippen molar-refractivity contribution < 1.29 is 4.79 Å². The van der Waals surface area contributed by atoms with Crippen LogP contribution in [0.25, 0.3) is 10.1 Å². The maximum atomic E-state index is 12.0. The molecule has 1 heterocycles. The lowest BCUT2D eigenvalue weighted by Gasteiger charge is -2.18. The van der Waals surface area contributed by atoms with E-state index in [-0.39, 0.29) is 23.9 Å². The van der Waals surface area contributed by atoms with Crippen LogP contribution >= 0.6 is 23.7 Å². The van der Waals surface area contributed by atoms with E-state index in [1.165, 1.54) is 0 Å². The summed E-state index contributed by atoms with van der Waals surface area (Å²) in [5.41, 5.74) is 6.18. The van der Waals surface area contributed by atoms with Crippen LogP contribution in [0.2, 0.25) is 0 Å². The van der Waals surface area contributed by atoms with Gasteiger partial charge in [0.15, 0.2) is 0 Å². The lowest BCUT2D eigenvalue weighted by atomic mass is 10.1. The van der Waals surface area contributed by atoms with Crippen molar-refractivity contribution in [2.45, 2.75) is 19.4 Å². The number of hydrogen-bond acceptors (Lipinski definition) is 3. The number of thiophene rings is 1. The highest BCUT2D eigenvalue weighted by atomic mass is 35.5. The van der Waals surface area contributed by atoms with E-state index in [1.54, 1.807) is 11.3 Å². The van der Waals surface area contributed by atoms with E-state index in [9.17, 15) is 4.79 Å². The first-order valence-electron chi connectivity index (χ1n) is 5.51. The van der Waals surface area contributed by atoms with Gasteiger partial charge in [-0.25, -0.2) is 0 Å². The van der Waals surface area contributed by atoms with Crippen molar-refractivity contribution >= 4 is 39.7 Å². The summed E-state index contributed by atoms with van der Waals surface area (Å²) in [6, 6.07) is 7.90. The van der Waals surface area contributed by atoms with Gasteiger partial charge in [0.1, 0.15) is 0 Å². The lowest BCUT2D eigenvalue weighted by molar-refractivity contribution is 0.0948. The number of nitrogens with two attached hydrogens (primary N) is 1. The Kier molecular flexibility index (Phi) is 4.73. The molecule has 2 aromatic rings. The van der Waals surface area contributed by atoms with E-state index >= 15 is 0 Å². The monoisotopic (exact) mass is 284 g/mol. The van der Waals surface area contributed by atoms with E-state index in [4.69, 9.17) is 5.73 Å². The molecule has 0 saturated carbocycles. The van der Waals surface area contributed by atoms with Crippen molar-refractivity contribution in [1.82, 2.24) is 5.32 Å². The molecule has 0 aliphatic carbocycles. The summed E-state index contributed by atoms with van der Waals surface area (Å²) in [5, 5.41) is 5.76. The second kappa shape index (κ2) is 5.69. The fraction of sp³-hybridized carbons (Fsp3) is 0.308. The maximum Gasteiger partial charge on any atom is 0.252 e. The first kappa shape index (κ1) is 15.0. The molecule has 0 atom stereocenters. The van der Waals surface area contributed by atoms with Gasteiger partial charge in [-0.3, -0.25) is 4.79 Å². The van der Waals surface area contributed by atoms with Crippen LogP contribution in [0.4, 0.5) is 0 Å². The first-order chi connectivity index (χ1) is 7.97. The Balaban J connectivity index is 0.00000162. The third kappa shape index (κ3) is 3.45.